The molecule has 19 heteroatoms. The minimum absolute atomic E-state index is 0.0482. The second kappa shape index (κ2) is 12.8. The lowest BCUT2D eigenvalue weighted by molar-refractivity contribution is -0.435. The lowest BCUT2D eigenvalue weighted by Crippen LogP contribution is -2.67. The van der Waals surface area contributed by atoms with Crippen molar-refractivity contribution in [1.82, 2.24) is 5.32 Å². The summed E-state index contributed by atoms with van der Waals surface area (Å²) in [5.74, 6) is -0.575. The lowest BCUT2D eigenvalue weighted by atomic mass is 9.96. The van der Waals surface area contributed by atoms with Crippen molar-refractivity contribution in [1.29, 1.82) is 0 Å². The van der Waals surface area contributed by atoms with Crippen LogP contribution < -0.4 is 5.32 Å². The van der Waals surface area contributed by atoms with E-state index in [1.807, 2.05) is 0 Å². The summed E-state index contributed by atoms with van der Waals surface area (Å²) in [6.07, 6.45) is -11.9. The Hall–Kier alpha value is -0.750. The highest BCUT2D eigenvalue weighted by Gasteiger charge is 2.52. The minimum atomic E-state index is -4.91. The molecular weight excluding hydrogens is 502 g/mol. The zero-order valence-corrected chi connectivity index (χ0v) is 18.8. The molecule has 0 spiro atoms. The van der Waals surface area contributed by atoms with Gasteiger partial charge in [-0.1, -0.05) is 5.04 Å². The molecule has 1 amide bonds. The molecule has 33 heavy (non-hydrogen) atoms. The molecule has 0 saturated carbocycles. The molecule has 3 unspecified atom stereocenters. The quantitative estimate of drug-likeness (QED) is 0.0512. The van der Waals surface area contributed by atoms with E-state index in [9.17, 15) is 28.5 Å². The van der Waals surface area contributed by atoms with Crippen molar-refractivity contribution >= 4 is 28.6 Å². The molecule has 2 aliphatic heterocycles. The molecular formula is C14H25NO16S2. The Labute approximate surface area is 192 Å². The summed E-state index contributed by atoms with van der Waals surface area (Å²) in [6, 6.07) is -1.19. The molecule has 6 N–H and O–H groups in total. The van der Waals surface area contributed by atoms with Crippen molar-refractivity contribution < 1.29 is 75.0 Å². The molecule has 2 heterocycles. The smallest absolute Gasteiger partial charge is 0.388 e. The first-order valence-corrected chi connectivity index (χ1v) is 11.2. The number of aliphatic hydroxyl groups excluding tert-OH is 3. The molecule has 2 fully saturated rings. The maximum atomic E-state index is 11.8. The second-order valence-electron chi connectivity index (χ2n) is 6.84. The van der Waals surface area contributed by atoms with Crippen LogP contribution in [0.15, 0.2) is 0 Å². The van der Waals surface area contributed by atoms with Gasteiger partial charge in [0.05, 0.1) is 13.2 Å². The molecule has 194 valence electrons. The van der Waals surface area contributed by atoms with Crippen LogP contribution in [0.2, 0.25) is 0 Å². The van der Waals surface area contributed by atoms with Gasteiger partial charge in [0, 0.05) is 14.0 Å². The van der Waals surface area contributed by atoms with E-state index in [1.54, 1.807) is 0 Å². The number of hydrogen-bond donors (Lipinski definition) is 6. The van der Waals surface area contributed by atoms with Gasteiger partial charge >= 0.3 is 10.4 Å². The molecule has 0 bridgehead atoms. The number of rotatable bonds is 11. The first-order chi connectivity index (χ1) is 15.5. The SMILES string of the molecule is CO[C@H]1OC(COS(=O)(=O)O)[C@H](OSOOO)[C@H](O[C@@H]2OC[C@@H](O)[C@H](O)C2O)C1NC(C)=O. The molecule has 2 aliphatic rings. The van der Waals surface area contributed by atoms with Crippen molar-refractivity contribution in [2.24, 2.45) is 0 Å². The van der Waals surface area contributed by atoms with Gasteiger partial charge in [0.2, 0.25) is 5.91 Å². The topological polar surface area (TPSA) is 238 Å². The number of amides is 1. The lowest BCUT2D eigenvalue weighted by Gasteiger charge is -2.47. The van der Waals surface area contributed by atoms with Gasteiger partial charge in [-0.2, -0.15) is 8.42 Å². The van der Waals surface area contributed by atoms with Crippen LogP contribution in [-0.2, 0) is 51.9 Å². The summed E-state index contributed by atoms with van der Waals surface area (Å²) in [7, 11) is -3.71. The van der Waals surface area contributed by atoms with Crippen molar-refractivity contribution in [3.05, 3.63) is 0 Å². The maximum absolute atomic E-state index is 11.8. The third kappa shape index (κ3) is 8.16. The summed E-state index contributed by atoms with van der Waals surface area (Å²) >= 11 is 0.0482. The molecule has 0 radical (unpaired) electrons. The van der Waals surface area contributed by atoms with Gasteiger partial charge in [0.15, 0.2) is 24.9 Å². The first-order valence-electron chi connectivity index (χ1n) is 9.17. The van der Waals surface area contributed by atoms with E-state index in [-0.39, 0.29) is 12.3 Å². The minimum Gasteiger partial charge on any atom is -0.388 e. The van der Waals surface area contributed by atoms with Crippen LogP contribution in [0.1, 0.15) is 6.92 Å². The van der Waals surface area contributed by atoms with E-state index in [1.165, 1.54) is 7.11 Å². The van der Waals surface area contributed by atoms with Crippen LogP contribution in [0.5, 0.6) is 0 Å². The Morgan fingerprint density at radius 1 is 1.18 bits per heavy atom. The van der Waals surface area contributed by atoms with E-state index >= 15 is 0 Å². The van der Waals surface area contributed by atoms with Crippen LogP contribution in [0.25, 0.3) is 0 Å². The summed E-state index contributed by atoms with van der Waals surface area (Å²) < 4.78 is 66.5. The molecule has 17 nitrogen and oxygen atoms in total. The van der Waals surface area contributed by atoms with Crippen LogP contribution in [0, 0.1) is 0 Å². The standard InChI is InChI=1S/C14H25NO16S2/c1-5(16)15-8-12(28-14-10(19)9(18)6(17)3-25-14)11(29-32-31-30-20)7(27-13(8)24-2)4-26-33(21,22)23/h6-14,17-20H,3-4H2,1-2H3,(H,15,16)(H,21,22,23)/t6-,7?,8?,9+,10?,11+,12-,13+,14+/m1/s1. The highest BCUT2D eigenvalue weighted by Crippen LogP contribution is 2.32. The van der Waals surface area contributed by atoms with Crippen LogP contribution in [-0.4, -0.2) is 115 Å². The number of nitrogens with one attached hydrogen (secondary N) is 1. The fourth-order valence-corrected chi connectivity index (χ4v) is 3.87. The summed E-state index contributed by atoms with van der Waals surface area (Å²) in [4.78, 5) is 11.8. The number of carbonyl (C=O) groups excluding carboxylic acids is 1. The van der Waals surface area contributed by atoms with E-state index in [2.05, 4.69) is 18.9 Å². The number of hydrogen-bond acceptors (Lipinski definition) is 16. The van der Waals surface area contributed by atoms with Gasteiger partial charge in [-0.25, -0.2) is 9.44 Å². The number of aliphatic hydroxyl groups is 3. The van der Waals surface area contributed by atoms with E-state index in [4.69, 9.17) is 32.9 Å². The highest BCUT2D eigenvalue weighted by atomic mass is 32.3. The first kappa shape index (κ1) is 28.5. The average Bonchev–Trinajstić information content (AvgIpc) is 2.74. The monoisotopic (exact) mass is 527 g/mol. The van der Waals surface area contributed by atoms with Gasteiger partial charge in [-0.05, 0) is 0 Å². The third-order valence-corrected chi connectivity index (χ3v) is 5.44. The Morgan fingerprint density at radius 2 is 1.88 bits per heavy atom. The van der Waals surface area contributed by atoms with Crippen molar-refractivity contribution in [2.45, 2.75) is 62.2 Å². The van der Waals surface area contributed by atoms with Crippen molar-refractivity contribution in [3.63, 3.8) is 0 Å². The summed E-state index contributed by atoms with van der Waals surface area (Å²) in [5, 5.41) is 44.0. The second-order valence-corrected chi connectivity index (χ2v) is 8.40. The summed E-state index contributed by atoms with van der Waals surface area (Å²) in [6.45, 7) is -0.0929. The highest BCUT2D eigenvalue weighted by molar-refractivity contribution is 7.89. The number of ether oxygens (including phenoxy) is 4. The third-order valence-electron chi connectivity index (χ3n) is 4.58. The predicted octanol–water partition coefficient (Wildman–Crippen LogP) is -3.12. The van der Waals surface area contributed by atoms with Gasteiger partial charge in [-0.3, -0.25) is 13.5 Å². The van der Waals surface area contributed by atoms with Gasteiger partial charge < -0.3 is 39.6 Å². The van der Waals surface area contributed by atoms with Crippen LogP contribution in [0.4, 0.5) is 0 Å². The Kier molecular flexibility index (Phi) is 11.1. The van der Waals surface area contributed by atoms with E-state index in [0.717, 1.165) is 6.92 Å². The van der Waals surface area contributed by atoms with Gasteiger partial charge in [0.1, 0.15) is 42.7 Å². The predicted molar refractivity (Wildman–Crippen MR) is 101 cm³/mol. The van der Waals surface area contributed by atoms with Crippen LogP contribution >= 0.6 is 12.3 Å². The molecule has 2 saturated heterocycles. The molecule has 0 aromatic heterocycles. The maximum Gasteiger partial charge on any atom is 0.397 e. The molecule has 0 aromatic rings. The largest absolute Gasteiger partial charge is 0.397 e. The fourth-order valence-electron chi connectivity index (χ4n) is 3.19. The van der Waals surface area contributed by atoms with Crippen molar-refractivity contribution in [3.8, 4) is 0 Å². The van der Waals surface area contributed by atoms with Gasteiger partial charge in [-0.15, -0.1) is 4.33 Å². The van der Waals surface area contributed by atoms with E-state index < -0.39 is 84.8 Å². The fraction of sp³-hybridized carbons (Fsp3) is 0.929. The average molecular weight is 527 g/mol. The Morgan fingerprint density at radius 3 is 2.45 bits per heavy atom. The normalized spacial score (nSPS) is 37.6. The molecule has 0 aliphatic carbocycles. The Bertz CT molecular complexity index is 726. The van der Waals surface area contributed by atoms with Gasteiger partial charge in [0.25, 0.3) is 0 Å². The molecule has 0 aromatic carbocycles. The zero-order chi connectivity index (χ0) is 24.8. The van der Waals surface area contributed by atoms with Crippen molar-refractivity contribution in [2.75, 3.05) is 20.3 Å². The molecule has 2 rings (SSSR count). The zero-order valence-electron chi connectivity index (χ0n) is 17.2. The molecule has 9 atom stereocenters. The number of methoxy groups -OCH3 is 1. The number of carbonyl (C=O) groups is 1. The van der Waals surface area contributed by atoms with Crippen LogP contribution in [0.3, 0.4) is 0 Å². The summed E-state index contributed by atoms with van der Waals surface area (Å²) in [5.41, 5.74) is 0. The Balaban J connectivity index is 2.36. The van der Waals surface area contributed by atoms with E-state index in [0.29, 0.717) is 0 Å².